The van der Waals surface area contributed by atoms with Crippen LogP contribution in [0.2, 0.25) is 0 Å². The summed E-state index contributed by atoms with van der Waals surface area (Å²) < 4.78 is 1.47. The first kappa shape index (κ1) is 14.6. The van der Waals surface area contributed by atoms with Gasteiger partial charge in [-0.2, -0.15) is 0 Å². The van der Waals surface area contributed by atoms with Gasteiger partial charge in [-0.1, -0.05) is 29.8 Å². The minimum Gasteiger partial charge on any atom is -0.332 e. The van der Waals surface area contributed by atoms with E-state index in [1.165, 1.54) is 21.8 Å². The first-order valence-electron chi connectivity index (χ1n) is 7.60. The van der Waals surface area contributed by atoms with Gasteiger partial charge in [0.05, 0.1) is 6.04 Å². The summed E-state index contributed by atoms with van der Waals surface area (Å²) in [4.78, 5) is 26.4. The second-order valence-corrected chi connectivity index (χ2v) is 5.93. The Kier molecular flexibility index (Phi) is 3.84. The maximum absolute atomic E-state index is 12.7. The normalized spacial score (nSPS) is 17.7. The van der Waals surface area contributed by atoms with Crippen LogP contribution < -0.4 is 5.56 Å². The molecule has 0 N–H and O–H groups in total. The minimum absolute atomic E-state index is 0.0548. The fraction of sp³-hybridized carbons (Fsp3) is 0.333. The zero-order chi connectivity index (χ0) is 15.7. The average Bonchev–Trinajstić information content (AvgIpc) is 2.99. The molecule has 0 saturated carbocycles. The van der Waals surface area contributed by atoms with Crippen molar-refractivity contribution in [1.29, 1.82) is 0 Å². The molecule has 1 amide bonds. The highest BCUT2D eigenvalue weighted by Gasteiger charge is 2.30. The first-order chi connectivity index (χ1) is 10.6. The summed E-state index contributed by atoms with van der Waals surface area (Å²) in [6, 6.07) is 11.6. The molecule has 0 aliphatic carbocycles. The Morgan fingerprint density at radius 1 is 1.18 bits per heavy atom. The van der Waals surface area contributed by atoms with Crippen molar-refractivity contribution >= 4 is 5.91 Å². The van der Waals surface area contributed by atoms with Gasteiger partial charge in [-0.15, -0.1) is 0 Å². The SMILES string of the molecule is Cc1ccc(C2CCCN2C(=O)c2ccn(C)c(=O)c2)cc1. The quantitative estimate of drug-likeness (QED) is 0.855. The molecule has 0 radical (unpaired) electrons. The molecule has 0 spiro atoms. The van der Waals surface area contributed by atoms with Gasteiger partial charge in [-0.3, -0.25) is 9.59 Å². The van der Waals surface area contributed by atoms with E-state index in [0.717, 1.165) is 19.4 Å². The molecule has 2 heterocycles. The molecule has 4 nitrogen and oxygen atoms in total. The summed E-state index contributed by atoms with van der Waals surface area (Å²) in [5.74, 6) is -0.0548. The average molecular weight is 296 g/mol. The first-order valence-corrected chi connectivity index (χ1v) is 7.60. The summed E-state index contributed by atoms with van der Waals surface area (Å²) in [5, 5.41) is 0. The molecule has 1 aliphatic rings. The van der Waals surface area contributed by atoms with Gasteiger partial charge in [0.1, 0.15) is 0 Å². The molecular formula is C18H20N2O2. The Bertz CT molecular complexity index is 746. The van der Waals surface area contributed by atoms with Gasteiger partial charge in [-0.25, -0.2) is 0 Å². The maximum Gasteiger partial charge on any atom is 0.254 e. The van der Waals surface area contributed by atoms with Crippen molar-refractivity contribution in [1.82, 2.24) is 9.47 Å². The van der Waals surface area contributed by atoms with Gasteiger partial charge in [-0.05, 0) is 31.4 Å². The van der Waals surface area contributed by atoms with Crippen molar-refractivity contribution in [3.05, 3.63) is 69.6 Å². The number of amides is 1. The van der Waals surface area contributed by atoms with Crippen molar-refractivity contribution in [3.8, 4) is 0 Å². The van der Waals surface area contributed by atoms with Gasteiger partial charge >= 0.3 is 0 Å². The van der Waals surface area contributed by atoms with E-state index in [0.29, 0.717) is 5.56 Å². The molecule has 1 aromatic carbocycles. The lowest BCUT2D eigenvalue weighted by Crippen LogP contribution is -2.31. The van der Waals surface area contributed by atoms with E-state index in [1.54, 1.807) is 19.3 Å². The van der Waals surface area contributed by atoms with Gasteiger partial charge < -0.3 is 9.47 Å². The van der Waals surface area contributed by atoms with Crippen molar-refractivity contribution in [3.63, 3.8) is 0 Å². The number of hydrogen-bond donors (Lipinski definition) is 0. The van der Waals surface area contributed by atoms with Gasteiger partial charge in [0.15, 0.2) is 0 Å². The molecule has 1 aromatic heterocycles. The zero-order valence-corrected chi connectivity index (χ0v) is 13.0. The smallest absolute Gasteiger partial charge is 0.254 e. The van der Waals surface area contributed by atoms with Crippen molar-refractivity contribution < 1.29 is 4.79 Å². The van der Waals surface area contributed by atoms with E-state index in [2.05, 4.69) is 31.2 Å². The van der Waals surface area contributed by atoms with Gasteiger partial charge in [0.25, 0.3) is 11.5 Å². The lowest BCUT2D eigenvalue weighted by Gasteiger charge is -2.25. The Morgan fingerprint density at radius 2 is 1.91 bits per heavy atom. The highest BCUT2D eigenvalue weighted by molar-refractivity contribution is 5.94. The molecule has 2 aromatic rings. The van der Waals surface area contributed by atoms with Crippen molar-refractivity contribution in [2.24, 2.45) is 7.05 Å². The third-order valence-electron chi connectivity index (χ3n) is 4.33. The summed E-state index contributed by atoms with van der Waals surface area (Å²) in [5.41, 5.74) is 2.70. The molecule has 1 fully saturated rings. The summed E-state index contributed by atoms with van der Waals surface area (Å²) in [6.45, 7) is 2.80. The van der Waals surface area contributed by atoms with Crippen molar-refractivity contribution in [2.45, 2.75) is 25.8 Å². The molecule has 1 atom stereocenters. The lowest BCUT2D eigenvalue weighted by atomic mass is 10.0. The fourth-order valence-electron chi connectivity index (χ4n) is 2.99. The van der Waals surface area contributed by atoms with Crippen LogP contribution in [0.5, 0.6) is 0 Å². The van der Waals surface area contributed by atoms with Crippen LogP contribution in [-0.4, -0.2) is 21.9 Å². The molecule has 3 rings (SSSR count). The number of carbonyl (C=O) groups is 1. The van der Waals surface area contributed by atoms with Gasteiger partial charge in [0, 0.05) is 31.4 Å². The predicted octanol–water partition coefficient (Wildman–Crippen LogP) is 2.67. The van der Waals surface area contributed by atoms with E-state index in [4.69, 9.17) is 0 Å². The van der Waals surface area contributed by atoms with Crippen LogP contribution in [0.1, 0.15) is 40.4 Å². The maximum atomic E-state index is 12.7. The number of rotatable bonds is 2. The number of carbonyl (C=O) groups excluding carboxylic acids is 1. The highest BCUT2D eigenvalue weighted by atomic mass is 16.2. The number of hydrogen-bond acceptors (Lipinski definition) is 2. The van der Waals surface area contributed by atoms with Crippen LogP contribution >= 0.6 is 0 Å². The minimum atomic E-state index is -0.156. The van der Waals surface area contributed by atoms with Crippen LogP contribution in [0.25, 0.3) is 0 Å². The summed E-state index contributed by atoms with van der Waals surface area (Å²) in [7, 11) is 1.68. The monoisotopic (exact) mass is 296 g/mol. The van der Waals surface area contributed by atoms with Crippen LogP contribution in [-0.2, 0) is 7.05 Å². The van der Waals surface area contributed by atoms with E-state index in [9.17, 15) is 9.59 Å². The molecule has 22 heavy (non-hydrogen) atoms. The van der Waals surface area contributed by atoms with Gasteiger partial charge in [0.2, 0.25) is 0 Å². The number of nitrogens with zero attached hydrogens (tertiary/aromatic N) is 2. The second kappa shape index (κ2) is 5.79. The molecule has 1 saturated heterocycles. The van der Waals surface area contributed by atoms with Crippen LogP contribution in [0.15, 0.2) is 47.4 Å². The molecule has 4 heteroatoms. The molecule has 0 bridgehead atoms. The summed E-state index contributed by atoms with van der Waals surface area (Å²) in [6.07, 6.45) is 3.61. The largest absolute Gasteiger partial charge is 0.332 e. The number of aryl methyl sites for hydroxylation is 2. The Morgan fingerprint density at radius 3 is 2.59 bits per heavy atom. The number of likely N-dealkylation sites (tertiary alicyclic amines) is 1. The summed E-state index contributed by atoms with van der Waals surface area (Å²) >= 11 is 0. The lowest BCUT2D eigenvalue weighted by molar-refractivity contribution is 0.0735. The predicted molar refractivity (Wildman–Crippen MR) is 85.9 cm³/mol. The third-order valence-corrected chi connectivity index (χ3v) is 4.33. The molecule has 114 valence electrons. The molecular weight excluding hydrogens is 276 g/mol. The Balaban J connectivity index is 1.89. The van der Waals surface area contributed by atoms with E-state index in [-0.39, 0.29) is 17.5 Å². The zero-order valence-electron chi connectivity index (χ0n) is 13.0. The molecule has 1 aliphatic heterocycles. The Hall–Kier alpha value is -2.36. The van der Waals surface area contributed by atoms with Crippen LogP contribution in [0.4, 0.5) is 0 Å². The van der Waals surface area contributed by atoms with Crippen LogP contribution in [0, 0.1) is 6.92 Å². The number of benzene rings is 1. The van der Waals surface area contributed by atoms with E-state index in [1.807, 2.05) is 4.90 Å². The Labute approximate surface area is 130 Å². The topological polar surface area (TPSA) is 42.3 Å². The highest BCUT2D eigenvalue weighted by Crippen LogP contribution is 2.33. The second-order valence-electron chi connectivity index (χ2n) is 5.93. The third kappa shape index (κ3) is 2.69. The van der Waals surface area contributed by atoms with E-state index >= 15 is 0 Å². The standard InChI is InChI=1S/C18H20N2O2/c1-13-5-7-14(8-6-13)16-4-3-10-20(16)18(22)15-9-11-19(2)17(21)12-15/h5-9,11-12,16H,3-4,10H2,1-2H3. The molecule has 1 unspecified atom stereocenters. The van der Waals surface area contributed by atoms with Crippen molar-refractivity contribution in [2.75, 3.05) is 6.54 Å². The number of aromatic nitrogens is 1. The van der Waals surface area contributed by atoms with Crippen LogP contribution in [0.3, 0.4) is 0 Å². The number of pyridine rings is 1. The fourth-order valence-corrected chi connectivity index (χ4v) is 2.99. The van der Waals surface area contributed by atoms with E-state index < -0.39 is 0 Å².